The van der Waals surface area contributed by atoms with Crippen molar-refractivity contribution in [3.05, 3.63) is 54.1 Å². The highest BCUT2D eigenvalue weighted by atomic mass is 35.5. The van der Waals surface area contributed by atoms with Gasteiger partial charge in [0.05, 0.1) is 10.2 Å². The van der Waals surface area contributed by atoms with Crippen molar-refractivity contribution in [3.63, 3.8) is 0 Å². The number of anilines is 1. The molecule has 4 rings (SSSR count). The molecule has 1 aliphatic heterocycles. The molecule has 2 heterocycles. The van der Waals surface area contributed by atoms with E-state index in [9.17, 15) is 13.9 Å². The number of likely N-dealkylation sites (tertiary alicyclic amines) is 1. The second-order valence-corrected chi connectivity index (χ2v) is 8.66. The number of benzene rings is 2. The largest absolute Gasteiger partial charge is 0.491 e. The maximum atomic E-state index is 13.2. The number of nitrogens with zero attached hydrogens (tertiary/aromatic N) is 3. The number of aliphatic hydroxyl groups excluding tert-OH is 1. The van der Waals surface area contributed by atoms with Gasteiger partial charge in [-0.15, -0.1) is 12.4 Å². The average molecular weight is 470 g/mol. The summed E-state index contributed by atoms with van der Waals surface area (Å²) < 4.78 is 32.8. The number of rotatable bonds is 7. The van der Waals surface area contributed by atoms with Crippen LogP contribution in [0.3, 0.4) is 0 Å². The van der Waals surface area contributed by atoms with Crippen molar-refractivity contribution in [1.29, 1.82) is 0 Å². The van der Waals surface area contributed by atoms with E-state index in [-0.39, 0.29) is 24.8 Å². The second kappa shape index (κ2) is 10.5. The van der Waals surface area contributed by atoms with Crippen LogP contribution in [-0.4, -0.2) is 60.4 Å². The summed E-state index contributed by atoms with van der Waals surface area (Å²) in [7, 11) is 2.10. The number of piperidine rings is 1. The van der Waals surface area contributed by atoms with Crippen molar-refractivity contribution < 1.29 is 18.6 Å². The van der Waals surface area contributed by atoms with Crippen molar-refractivity contribution in [2.75, 3.05) is 38.2 Å². The van der Waals surface area contributed by atoms with Gasteiger partial charge in [-0.3, -0.25) is 0 Å². The molecule has 2 aromatic carbocycles. The van der Waals surface area contributed by atoms with Crippen LogP contribution in [0.1, 0.15) is 12.8 Å². The molecule has 1 saturated heterocycles. The molecule has 31 heavy (non-hydrogen) atoms. The molecule has 1 aliphatic rings. The SMILES string of the molecule is CN(c1nc2ccccc2s1)C1CCN(C[C@H](O)COc2ccc(F)c(F)c2)CC1.Cl. The Morgan fingerprint density at radius 2 is 1.94 bits per heavy atom. The number of ether oxygens (including phenoxy) is 1. The minimum atomic E-state index is -0.957. The number of aliphatic hydroxyl groups is 1. The van der Waals surface area contributed by atoms with Gasteiger partial charge in [-0.2, -0.15) is 0 Å². The molecule has 0 bridgehead atoms. The molecule has 9 heteroatoms. The van der Waals surface area contributed by atoms with Gasteiger partial charge in [-0.25, -0.2) is 13.8 Å². The van der Waals surface area contributed by atoms with E-state index in [2.05, 4.69) is 22.9 Å². The molecule has 0 spiro atoms. The van der Waals surface area contributed by atoms with E-state index in [0.29, 0.717) is 12.6 Å². The van der Waals surface area contributed by atoms with E-state index in [0.717, 1.165) is 48.7 Å². The molecule has 3 aromatic rings. The summed E-state index contributed by atoms with van der Waals surface area (Å²) in [5, 5.41) is 11.3. The van der Waals surface area contributed by atoms with Gasteiger partial charge >= 0.3 is 0 Å². The molecule has 0 saturated carbocycles. The number of fused-ring (bicyclic) bond motifs is 1. The van der Waals surface area contributed by atoms with Crippen molar-refractivity contribution in [1.82, 2.24) is 9.88 Å². The molecule has 0 radical (unpaired) electrons. The summed E-state index contributed by atoms with van der Waals surface area (Å²) in [6, 6.07) is 11.9. The normalized spacial score (nSPS) is 16.1. The Morgan fingerprint density at radius 1 is 1.19 bits per heavy atom. The first-order valence-corrected chi connectivity index (χ1v) is 10.9. The maximum Gasteiger partial charge on any atom is 0.186 e. The van der Waals surface area contributed by atoms with Crippen LogP contribution in [-0.2, 0) is 0 Å². The number of β-amino-alcohol motifs (C(OH)–C–C–N with tert-alkyl or cyclic N) is 1. The van der Waals surface area contributed by atoms with Gasteiger partial charge < -0.3 is 19.6 Å². The van der Waals surface area contributed by atoms with Gasteiger partial charge in [0.15, 0.2) is 16.8 Å². The lowest BCUT2D eigenvalue weighted by Crippen LogP contribution is -2.46. The van der Waals surface area contributed by atoms with Crippen molar-refractivity contribution in [2.45, 2.75) is 25.0 Å². The van der Waals surface area contributed by atoms with E-state index >= 15 is 0 Å². The van der Waals surface area contributed by atoms with E-state index < -0.39 is 17.7 Å². The number of aromatic nitrogens is 1. The molecule has 168 valence electrons. The summed E-state index contributed by atoms with van der Waals surface area (Å²) >= 11 is 1.71. The van der Waals surface area contributed by atoms with Crippen LogP contribution in [0.2, 0.25) is 0 Å². The van der Waals surface area contributed by atoms with Crippen LogP contribution in [0.25, 0.3) is 10.2 Å². The Kier molecular flexibility index (Phi) is 8.05. The van der Waals surface area contributed by atoms with Crippen molar-refractivity contribution in [2.24, 2.45) is 0 Å². The number of thiazole rings is 1. The molecular formula is C22H26ClF2N3O2S. The zero-order valence-electron chi connectivity index (χ0n) is 17.2. The Labute approximate surface area is 190 Å². The standard InChI is InChI=1S/C22H25F2N3O2S.ClH/c1-26(22-25-20-4-2-3-5-21(20)30-22)15-8-10-27(11-9-15)13-16(28)14-29-17-6-7-18(23)19(24)12-17;/h2-7,12,15-16,28H,8-11,13-14H2,1H3;1H/t16-;/m0./s1. The molecule has 5 nitrogen and oxygen atoms in total. The smallest absolute Gasteiger partial charge is 0.186 e. The molecule has 1 fully saturated rings. The van der Waals surface area contributed by atoms with E-state index in [1.165, 1.54) is 10.8 Å². The van der Waals surface area contributed by atoms with E-state index in [1.807, 2.05) is 18.2 Å². The predicted molar refractivity (Wildman–Crippen MR) is 123 cm³/mol. The molecule has 0 amide bonds. The average Bonchev–Trinajstić information content (AvgIpc) is 3.19. The quantitative estimate of drug-likeness (QED) is 0.558. The van der Waals surface area contributed by atoms with Crippen LogP contribution in [0.4, 0.5) is 13.9 Å². The lowest BCUT2D eigenvalue weighted by molar-refractivity contribution is 0.0593. The van der Waals surface area contributed by atoms with Gasteiger partial charge in [0, 0.05) is 38.8 Å². The lowest BCUT2D eigenvalue weighted by atomic mass is 10.0. The highest BCUT2D eigenvalue weighted by molar-refractivity contribution is 7.22. The monoisotopic (exact) mass is 469 g/mol. The fourth-order valence-electron chi connectivity index (χ4n) is 3.77. The van der Waals surface area contributed by atoms with Crippen LogP contribution in [0, 0.1) is 11.6 Å². The Hall–Kier alpha value is -2.00. The number of para-hydroxylation sites is 1. The Morgan fingerprint density at radius 3 is 2.65 bits per heavy atom. The first-order chi connectivity index (χ1) is 14.5. The third-order valence-electron chi connectivity index (χ3n) is 5.49. The fourth-order valence-corrected chi connectivity index (χ4v) is 4.76. The van der Waals surface area contributed by atoms with Crippen molar-refractivity contribution in [3.8, 4) is 5.75 Å². The van der Waals surface area contributed by atoms with Gasteiger partial charge in [0.2, 0.25) is 0 Å². The topological polar surface area (TPSA) is 48.8 Å². The molecule has 1 N–H and O–H groups in total. The minimum absolute atomic E-state index is 0. The highest BCUT2D eigenvalue weighted by Crippen LogP contribution is 2.30. The number of halogens is 3. The third kappa shape index (κ3) is 5.83. The van der Waals surface area contributed by atoms with Gasteiger partial charge in [0.25, 0.3) is 0 Å². The van der Waals surface area contributed by atoms with Gasteiger partial charge in [-0.05, 0) is 37.1 Å². The van der Waals surface area contributed by atoms with Gasteiger partial charge in [-0.1, -0.05) is 23.5 Å². The fraction of sp³-hybridized carbons (Fsp3) is 0.409. The first-order valence-electron chi connectivity index (χ1n) is 10.1. The summed E-state index contributed by atoms with van der Waals surface area (Å²) in [6.45, 7) is 2.28. The van der Waals surface area contributed by atoms with Crippen LogP contribution in [0.5, 0.6) is 5.75 Å². The first kappa shape index (κ1) is 23.7. The van der Waals surface area contributed by atoms with Crippen LogP contribution >= 0.6 is 23.7 Å². The molecule has 0 aliphatic carbocycles. The second-order valence-electron chi connectivity index (χ2n) is 7.65. The number of hydrogen-bond acceptors (Lipinski definition) is 6. The summed E-state index contributed by atoms with van der Waals surface area (Å²) in [6.07, 6.45) is 1.28. The summed E-state index contributed by atoms with van der Waals surface area (Å²) in [5.74, 6) is -1.66. The van der Waals surface area contributed by atoms with Crippen molar-refractivity contribution >= 4 is 39.1 Å². The van der Waals surface area contributed by atoms with Crippen LogP contribution < -0.4 is 9.64 Å². The molecule has 0 unspecified atom stereocenters. The third-order valence-corrected chi connectivity index (χ3v) is 6.62. The highest BCUT2D eigenvalue weighted by Gasteiger charge is 2.25. The number of hydrogen-bond donors (Lipinski definition) is 1. The molecular weight excluding hydrogens is 444 g/mol. The van der Waals surface area contributed by atoms with E-state index in [4.69, 9.17) is 9.72 Å². The molecule has 1 aromatic heterocycles. The maximum absolute atomic E-state index is 13.2. The zero-order valence-corrected chi connectivity index (χ0v) is 18.8. The van der Waals surface area contributed by atoms with E-state index in [1.54, 1.807) is 11.3 Å². The minimum Gasteiger partial charge on any atom is -0.491 e. The molecule has 1 atom stereocenters. The lowest BCUT2D eigenvalue weighted by Gasteiger charge is -2.37. The summed E-state index contributed by atoms with van der Waals surface area (Å²) in [5.41, 5.74) is 1.03. The Balaban J connectivity index is 0.00000272. The predicted octanol–water partition coefficient (Wildman–Crippen LogP) is 4.34. The summed E-state index contributed by atoms with van der Waals surface area (Å²) in [4.78, 5) is 9.22. The Bertz CT molecular complexity index is 965. The van der Waals surface area contributed by atoms with Crippen LogP contribution in [0.15, 0.2) is 42.5 Å². The van der Waals surface area contributed by atoms with Gasteiger partial charge in [0.1, 0.15) is 18.5 Å². The zero-order chi connectivity index (χ0) is 21.1.